The average Bonchev–Trinajstić information content (AvgIpc) is 2.73. The van der Waals surface area contributed by atoms with Crippen LogP contribution in [0.2, 0.25) is 0 Å². The number of hydrogen-bond donors (Lipinski definition) is 3. The van der Waals surface area contributed by atoms with Gasteiger partial charge in [-0.1, -0.05) is 32.4 Å². The molecule has 1 aromatic carbocycles. The second-order valence-electron chi connectivity index (χ2n) is 7.15. The molecule has 0 saturated carbocycles. The minimum absolute atomic E-state index is 0.00548. The second kappa shape index (κ2) is 7.45. The highest BCUT2D eigenvalue weighted by Crippen LogP contribution is 2.31. The molecule has 3 heterocycles. The summed E-state index contributed by atoms with van der Waals surface area (Å²) in [5.41, 5.74) is 2.68. The number of pyridine rings is 2. The summed E-state index contributed by atoms with van der Waals surface area (Å²) in [6, 6.07) is 9.48. The van der Waals surface area contributed by atoms with Gasteiger partial charge in [-0.3, -0.25) is 4.79 Å². The summed E-state index contributed by atoms with van der Waals surface area (Å²) in [6.07, 6.45) is 2.42. The third-order valence-electron chi connectivity index (χ3n) is 5.07. The minimum Gasteiger partial charge on any atom is -0.506 e. The van der Waals surface area contributed by atoms with Crippen LogP contribution in [0.4, 0.5) is 5.69 Å². The molecule has 0 amide bonds. The van der Waals surface area contributed by atoms with E-state index in [-0.39, 0.29) is 39.3 Å². The standard InChI is InChI=1S/C20H21N5O4S/c1-3-12(2)11-22-25-19-13(7-6-10-21-19)17(26)16(20(25)27)18-23-14-8-4-5-9-15(14)30(28,29)24-18/h4-10,12,22,26H,3,11H2,1-2H3,(H,23,24). The maximum absolute atomic E-state index is 13.3. The number of para-hydroxylation sites is 1. The van der Waals surface area contributed by atoms with E-state index in [2.05, 4.69) is 20.1 Å². The molecular weight excluding hydrogens is 406 g/mol. The van der Waals surface area contributed by atoms with Crippen LogP contribution in [0.1, 0.15) is 25.8 Å². The third-order valence-corrected chi connectivity index (χ3v) is 6.40. The fourth-order valence-electron chi connectivity index (χ4n) is 3.18. The molecule has 3 N–H and O–H groups in total. The third kappa shape index (κ3) is 3.28. The SMILES string of the molecule is CCC(C)CNn1c(=O)c(C2=NS(=O)(=O)c3ccccc3N2)c(O)c2cccnc21. The molecule has 0 spiro atoms. The Morgan fingerprint density at radius 1 is 1.23 bits per heavy atom. The summed E-state index contributed by atoms with van der Waals surface area (Å²) in [6.45, 7) is 4.56. The number of fused-ring (bicyclic) bond motifs is 2. The smallest absolute Gasteiger partial charge is 0.286 e. The number of aromatic nitrogens is 2. The van der Waals surface area contributed by atoms with Gasteiger partial charge in [0.05, 0.1) is 11.1 Å². The molecule has 1 atom stereocenters. The molecule has 0 radical (unpaired) electrons. The van der Waals surface area contributed by atoms with Gasteiger partial charge in [0.2, 0.25) is 0 Å². The first-order valence-electron chi connectivity index (χ1n) is 9.51. The van der Waals surface area contributed by atoms with Gasteiger partial charge in [-0.25, -0.2) is 9.66 Å². The van der Waals surface area contributed by atoms with Crippen LogP contribution < -0.4 is 16.3 Å². The molecule has 2 aromatic heterocycles. The van der Waals surface area contributed by atoms with Crippen LogP contribution >= 0.6 is 0 Å². The van der Waals surface area contributed by atoms with E-state index >= 15 is 0 Å². The zero-order valence-electron chi connectivity index (χ0n) is 16.5. The Morgan fingerprint density at radius 2 is 2.00 bits per heavy atom. The predicted molar refractivity (Wildman–Crippen MR) is 115 cm³/mol. The van der Waals surface area contributed by atoms with Crippen LogP contribution in [-0.2, 0) is 10.0 Å². The molecule has 1 unspecified atom stereocenters. The molecule has 1 aliphatic heterocycles. The Bertz CT molecular complexity index is 1330. The first kappa shape index (κ1) is 19.9. The number of anilines is 1. The van der Waals surface area contributed by atoms with Crippen molar-refractivity contribution in [1.29, 1.82) is 0 Å². The van der Waals surface area contributed by atoms with Crippen molar-refractivity contribution < 1.29 is 13.5 Å². The molecule has 0 bridgehead atoms. The van der Waals surface area contributed by atoms with Crippen molar-refractivity contribution in [2.75, 3.05) is 17.3 Å². The fourth-order valence-corrected chi connectivity index (χ4v) is 4.30. The van der Waals surface area contributed by atoms with Crippen molar-refractivity contribution in [2.45, 2.75) is 25.2 Å². The van der Waals surface area contributed by atoms with E-state index in [0.717, 1.165) is 6.42 Å². The van der Waals surface area contributed by atoms with Gasteiger partial charge >= 0.3 is 0 Å². The molecule has 10 heteroatoms. The normalized spacial score (nSPS) is 15.7. The van der Waals surface area contributed by atoms with E-state index in [0.29, 0.717) is 11.9 Å². The van der Waals surface area contributed by atoms with Crippen molar-refractivity contribution in [1.82, 2.24) is 9.66 Å². The molecule has 0 aliphatic carbocycles. The molecule has 30 heavy (non-hydrogen) atoms. The molecule has 1 aliphatic rings. The van der Waals surface area contributed by atoms with Gasteiger partial charge in [-0.2, -0.15) is 8.42 Å². The highest BCUT2D eigenvalue weighted by Gasteiger charge is 2.29. The summed E-state index contributed by atoms with van der Waals surface area (Å²) < 4.78 is 30.3. The van der Waals surface area contributed by atoms with E-state index < -0.39 is 15.6 Å². The number of aromatic hydroxyl groups is 1. The highest BCUT2D eigenvalue weighted by atomic mass is 32.2. The van der Waals surface area contributed by atoms with E-state index in [1.165, 1.54) is 16.9 Å². The molecule has 9 nitrogen and oxygen atoms in total. The lowest BCUT2D eigenvalue weighted by Gasteiger charge is -2.21. The summed E-state index contributed by atoms with van der Waals surface area (Å²) in [4.78, 5) is 17.5. The van der Waals surface area contributed by atoms with E-state index in [4.69, 9.17) is 0 Å². The van der Waals surface area contributed by atoms with E-state index in [1.807, 2.05) is 13.8 Å². The van der Waals surface area contributed by atoms with Gasteiger partial charge in [0.1, 0.15) is 16.2 Å². The van der Waals surface area contributed by atoms with Crippen molar-refractivity contribution in [2.24, 2.45) is 10.3 Å². The van der Waals surface area contributed by atoms with Crippen molar-refractivity contribution >= 4 is 32.6 Å². The zero-order chi connectivity index (χ0) is 21.5. The Morgan fingerprint density at radius 3 is 2.77 bits per heavy atom. The Hall–Kier alpha value is -3.40. The Balaban J connectivity index is 1.94. The van der Waals surface area contributed by atoms with Crippen LogP contribution in [-0.4, -0.2) is 35.6 Å². The molecule has 156 valence electrons. The lowest BCUT2D eigenvalue weighted by Crippen LogP contribution is -2.37. The lowest BCUT2D eigenvalue weighted by molar-refractivity contribution is 0.477. The van der Waals surface area contributed by atoms with Gasteiger partial charge in [0.25, 0.3) is 15.6 Å². The zero-order valence-corrected chi connectivity index (χ0v) is 17.3. The second-order valence-corrected chi connectivity index (χ2v) is 8.72. The number of benzene rings is 1. The van der Waals surface area contributed by atoms with Gasteiger partial charge in [-0.05, 0) is 30.2 Å². The predicted octanol–water partition coefficient (Wildman–Crippen LogP) is 2.25. The quantitative estimate of drug-likeness (QED) is 0.570. The van der Waals surface area contributed by atoms with E-state index in [1.54, 1.807) is 30.3 Å². The number of rotatable bonds is 5. The first-order valence-corrected chi connectivity index (χ1v) is 11.0. The first-order chi connectivity index (χ1) is 14.3. The van der Waals surface area contributed by atoms with Crippen molar-refractivity contribution in [3.05, 3.63) is 58.5 Å². The monoisotopic (exact) mass is 427 g/mol. The Labute approximate surface area is 173 Å². The number of hydrogen-bond acceptors (Lipinski definition) is 7. The summed E-state index contributed by atoms with van der Waals surface area (Å²) >= 11 is 0. The van der Waals surface area contributed by atoms with E-state index in [9.17, 15) is 18.3 Å². The van der Waals surface area contributed by atoms with Crippen LogP contribution in [0.15, 0.2) is 56.7 Å². The van der Waals surface area contributed by atoms with Crippen molar-refractivity contribution in [3.63, 3.8) is 0 Å². The molecule has 0 fully saturated rings. The van der Waals surface area contributed by atoms with Gasteiger partial charge in [0.15, 0.2) is 11.5 Å². The summed E-state index contributed by atoms with van der Waals surface area (Å²) in [5, 5.41) is 14.0. The maximum Gasteiger partial charge on any atom is 0.286 e. The van der Waals surface area contributed by atoms with Crippen LogP contribution in [0, 0.1) is 5.92 Å². The minimum atomic E-state index is -4.04. The van der Waals surface area contributed by atoms with Crippen LogP contribution in [0.5, 0.6) is 5.75 Å². The number of amidine groups is 1. The van der Waals surface area contributed by atoms with Crippen LogP contribution in [0.25, 0.3) is 11.0 Å². The molecule has 3 aromatic rings. The molecule has 4 rings (SSSR count). The Kier molecular flexibility index (Phi) is 4.94. The topological polar surface area (TPSA) is 126 Å². The largest absolute Gasteiger partial charge is 0.506 e. The number of sulfonamides is 1. The number of nitrogens with one attached hydrogen (secondary N) is 2. The van der Waals surface area contributed by atoms with Gasteiger partial charge in [0, 0.05) is 12.7 Å². The van der Waals surface area contributed by atoms with Crippen LogP contribution in [0.3, 0.4) is 0 Å². The van der Waals surface area contributed by atoms with Crippen molar-refractivity contribution in [3.8, 4) is 5.75 Å². The average molecular weight is 427 g/mol. The summed E-state index contributed by atoms with van der Waals surface area (Å²) in [5.74, 6) is -0.336. The maximum atomic E-state index is 13.3. The molecular formula is C20H21N5O4S. The molecule has 0 saturated heterocycles. The summed E-state index contributed by atoms with van der Waals surface area (Å²) in [7, 11) is -4.04. The highest BCUT2D eigenvalue weighted by molar-refractivity contribution is 7.90. The fraction of sp³-hybridized carbons (Fsp3) is 0.250. The number of nitrogens with zero attached hydrogens (tertiary/aromatic N) is 3. The lowest BCUT2D eigenvalue weighted by atomic mass is 10.1. The van der Waals surface area contributed by atoms with Gasteiger partial charge < -0.3 is 15.8 Å². The van der Waals surface area contributed by atoms with Gasteiger partial charge in [-0.15, -0.1) is 4.40 Å².